The van der Waals surface area contributed by atoms with Crippen LogP contribution in [0, 0.1) is 5.92 Å². The van der Waals surface area contributed by atoms with Crippen LogP contribution >= 0.6 is 0 Å². The SMILES string of the molecule is O=C(CN1CCC[C@@H]1[C@H]1CCCC[C@@H]1O)NC1CCOCC1. The Labute approximate surface area is 133 Å². The van der Waals surface area contributed by atoms with Crippen LogP contribution in [0.3, 0.4) is 0 Å². The van der Waals surface area contributed by atoms with Crippen molar-refractivity contribution in [3.63, 3.8) is 0 Å². The van der Waals surface area contributed by atoms with E-state index < -0.39 is 0 Å². The minimum atomic E-state index is -0.169. The Morgan fingerprint density at radius 2 is 1.86 bits per heavy atom. The molecule has 0 unspecified atom stereocenters. The van der Waals surface area contributed by atoms with E-state index in [1.165, 1.54) is 6.42 Å². The molecule has 5 nitrogen and oxygen atoms in total. The predicted molar refractivity (Wildman–Crippen MR) is 84.5 cm³/mol. The lowest BCUT2D eigenvalue weighted by Crippen LogP contribution is -2.48. The first kappa shape index (κ1) is 16.2. The molecular formula is C17H30N2O3. The Hall–Kier alpha value is -0.650. The average molecular weight is 310 g/mol. The van der Waals surface area contributed by atoms with Crippen LogP contribution in [0.1, 0.15) is 51.4 Å². The van der Waals surface area contributed by atoms with Crippen molar-refractivity contribution in [2.45, 2.75) is 69.6 Å². The van der Waals surface area contributed by atoms with Crippen molar-refractivity contribution in [2.24, 2.45) is 5.92 Å². The molecule has 0 aromatic carbocycles. The van der Waals surface area contributed by atoms with Crippen LogP contribution in [0.15, 0.2) is 0 Å². The average Bonchev–Trinajstić information content (AvgIpc) is 2.96. The highest BCUT2D eigenvalue weighted by molar-refractivity contribution is 5.78. The maximum atomic E-state index is 12.3. The van der Waals surface area contributed by atoms with Crippen LogP contribution in [-0.2, 0) is 9.53 Å². The summed E-state index contributed by atoms with van der Waals surface area (Å²) < 4.78 is 5.33. The van der Waals surface area contributed by atoms with E-state index in [4.69, 9.17) is 4.74 Å². The molecule has 126 valence electrons. The monoisotopic (exact) mass is 310 g/mol. The van der Waals surface area contributed by atoms with E-state index in [-0.39, 0.29) is 18.1 Å². The second-order valence-corrected chi connectivity index (χ2v) is 7.15. The second kappa shape index (κ2) is 7.75. The number of hydrogen-bond acceptors (Lipinski definition) is 4. The zero-order valence-corrected chi connectivity index (χ0v) is 13.5. The molecule has 3 aliphatic rings. The van der Waals surface area contributed by atoms with Gasteiger partial charge in [-0.15, -0.1) is 0 Å². The first-order valence-corrected chi connectivity index (χ1v) is 9.03. The number of rotatable bonds is 4. The number of carbonyl (C=O) groups is 1. The van der Waals surface area contributed by atoms with Crippen LogP contribution in [0.5, 0.6) is 0 Å². The summed E-state index contributed by atoms with van der Waals surface area (Å²) in [6.45, 7) is 3.00. The van der Waals surface area contributed by atoms with Crippen LogP contribution in [0.25, 0.3) is 0 Å². The van der Waals surface area contributed by atoms with E-state index in [2.05, 4.69) is 10.2 Å². The molecule has 3 rings (SSSR count). The largest absolute Gasteiger partial charge is 0.393 e. The molecule has 0 spiro atoms. The van der Waals surface area contributed by atoms with Gasteiger partial charge >= 0.3 is 0 Å². The molecule has 1 aliphatic carbocycles. The zero-order chi connectivity index (χ0) is 15.4. The summed E-state index contributed by atoms with van der Waals surface area (Å²) in [7, 11) is 0. The molecule has 22 heavy (non-hydrogen) atoms. The van der Waals surface area contributed by atoms with Gasteiger partial charge in [0.15, 0.2) is 0 Å². The van der Waals surface area contributed by atoms with Crippen molar-refractivity contribution in [3.05, 3.63) is 0 Å². The summed E-state index contributed by atoms with van der Waals surface area (Å²) >= 11 is 0. The third-order valence-corrected chi connectivity index (χ3v) is 5.62. The fourth-order valence-electron chi connectivity index (χ4n) is 4.42. The lowest BCUT2D eigenvalue weighted by atomic mass is 9.80. The maximum absolute atomic E-state index is 12.3. The topological polar surface area (TPSA) is 61.8 Å². The van der Waals surface area contributed by atoms with Gasteiger partial charge in [-0.1, -0.05) is 12.8 Å². The fraction of sp³-hybridized carbons (Fsp3) is 0.941. The normalized spacial score (nSPS) is 34.7. The third-order valence-electron chi connectivity index (χ3n) is 5.62. The lowest BCUT2D eigenvalue weighted by molar-refractivity contribution is -0.124. The van der Waals surface area contributed by atoms with Crippen molar-refractivity contribution in [2.75, 3.05) is 26.3 Å². The van der Waals surface area contributed by atoms with Crippen molar-refractivity contribution >= 4 is 5.91 Å². The molecule has 5 heteroatoms. The van der Waals surface area contributed by atoms with Crippen molar-refractivity contribution < 1.29 is 14.6 Å². The summed E-state index contributed by atoms with van der Waals surface area (Å²) in [5.74, 6) is 0.510. The molecular weight excluding hydrogens is 280 g/mol. The molecule has 3 atom stereocenters. The number of likely N-dealkylation sites (tertiary alicyclic amines) is 1. The van der Waals surface area contributed by atoms with E-state index in [1.54, 1.807) is 0 Å². The minimum absolute atomic E-state index is 0.143. The van der Waals surface area contributed by atoms with Gasteiger partial charge in [0.1, 0.15) is 0 Å². The summed E-state index contributed by atoms with van der Waals surface area (Å²) in [5.41, 5.74) is 0. The second-order valence-electron chi connectivity index (χ2n) is 7.15. The Morgan fingerprint density at radius 3 is 2.64 bits per heavy atom. The number of ether oxygens (including phenoxy) is 1. The number of aliphatic hydroxyl groups excluding tert-OH is 1. The van der Waals surface area contributed by atoms with E-state index in [1.807, 2.05) is 0 Å². The van der Waals surface area contributed by atoms with Gasteiger partial charge in [0.2, 0.25) is 5.91 Å². The molecule has 0 aromatic heterocycles. The number of nitrogens with zero attached hydrogens (tertiary/aromatic N) is 1. The Bertz CT molecular complexity index is 371. The smallest absolute Gasteiger partial charge is 0.234 e. The molecule has 1 saturated carbocycles. The molecule has 0 bridgehead atoms. The third kappa shape index (κ3) is 4.00. The number of hydrogen-bond donors (Lipinski definition) is 2. The molecule has 0 aromatic rings. The molecule has 1 amide bonds. The minimum Gasteiger partial charge on any atom is -0.393 e. The van der Waals surface area contributed by atoms with Crippen LogP contribution in [-0.4, -0.2) is 60.4 Å². The Morgan fingerprint density at radius 1 is 1.09 bits per heavy atom. The van der Waals surface area contributed by atoms with Gasteiger partial charge in [-0.05, 0) is 45.1 Å². The number of nitrogens with one attached hydrogen (secondary N) is 1. The van der Waals surface area contributed by atoms with Gasteiger partial charge in [0.05, 0.1) is 12.6 Å². The van der Waals surface area contributed by atoms with Gasteiger partial charge in [-0.3, -0.25) is 9.69 Å². The lowest BCUT2D eigenvalue weighted by Gasteiger charge is -2.37. The van der Waals surface area contributed by atoms with Crippen LogP contribution in [0.4, 0.5) is 0 Å². The highest BCUT2D eigenvalue weighted by Gasteiger charge is 2.37. The van der Waals surface area contributed by atoms with Crippen molar-refractivity contribution in [1.82, 2.24) is 10.2 Å². The summed E-state index contributed by atoms with van der Waals surface area (Å²) in [4.78, 5) is 14.6. The Balaban J connectivity index is 1.50. The molecule has 2 N–H and O–H groups in total. The van der Waals surface area contributed by atoms with Gasteiger partial charge in [0.25, 0.3) is 0 Å². The van der Waals surface area contributed by atoms with Crippen LogP contribution in [0.2, 0.25) is 0 Å². The standard InChI is InChI=1S/C17H30N2O3/c20-16-6-2-1-4-14(16)15-5-3-9-19(15)12-17(21)18-13-7-10-22-11-8-13/h13-16,20H,1-12H2,(H,18,21)/t14-,15-,16+/m1/s1. The molecule has 2 aliphatic heterocycles. The highest BCUT2D eigenvalue weighted by Crippen LogP contribution is 2.34. The Kier molecular flexibility index (Phi) is 5.71. The quantitative estimate of drug-likeness (QED) is 0.821. The number of carbonyl (C=O) groups excluding carboxylic acids is 1. The maximum Gasteiger partial charge on any atom is 0.234 e. The molecule has 0 radical (unpaired) electrons. The van der Waals surface area contributed by atoms with Gasteiger partial charge < -0.3 is 15.2 Å². The predicted octanol–water partition coefficient (Wildman–Crippen LogP) is 1.30. The van der Waals surface area contributed by atoms with Gasteiger partial charge in [-0.2, -0.15) is 0 Å². The van der Waals surface area contributed by atoms with E-state index in [0.717, 1.165) is 64.7 Å². The van der Waals surface area contributed by atoms with Crippen LogP contribution < -0.4 is 5.32 Å². The van der Waals surface area contributed by atoms with E-state index >= 15 is 0 Å². The first-order valence-electron chi connectivity index (χ1n) is 9.03. The summed E-state index contributed by atoms with van der Waals surface area (Å²) in [6, 6.07) is 0.679. The van der Waals surface area contributed by atoms with E-state index in [9.17, 15) is 9.90 Å². The zero-order valence-electron chi connectivity index (χ0n) is 13.5. The van der Waals surface area contributed by atoms with Gasteiger partial charge in [0, 0.05) is 31.2 Å². The molecule has 2 saturated heterocycles. The van der Waals surface area contributed by atoms with Crippen molar-refractivity contribution in [3.8, 4) is 0 Å². The fourth-order valence-corrected chi connectivity index (χ4v) is 4.42. The molecule has 2 heterocycles. The van der Waals surface area contributed by atoms with E-state index in [0.29, 0.717) is 18.5 Å². The number of aliphatic hydroxyl groups is 1. The summed E-state index contributed by atoms with van der Waals surface area (Å²) in [6.07, 6.45) is 8.39. The molecule has 3 fully saturated rings. The number of amides is 1. The summed E-state index contributed by atoms with van der Waals surface area (Å²) in [5, 5.41) is 13.5. The van der Waals surface area contributed by atoms with Gasteiger partial charge in [-0.25, -0.2) is 0 Å². The first-order chi connectivity index (χ1) is 10.7. The van der Waals surface area contributed by atoms with Crippen molar-refractivity contribution in [1.29, 1.82) is 0 Å². The highest BCUT2D eigenvalue weighted by atomic mass is 16.5.